The third kappa shape index (κ3) is 7.85. The largest absolute Gasteiger partial charge is 0.394 e. The van der Waals surface area contributed by atoms with Crippen molar-refractivity contribution in [3.05, 3.63) is 0 Å². The van der Waals surface area contributed by atoms with Gasteiger partial charge in [-0.05, 0) is 0 Å². The molecule has 3 rings (SSSR count). The van der Waals surface area contributed by atoms with E-state index in [1.54, 1.807) is 0 Å². The Morgan fingerprint density at radius 2 is 0.683 bits per heavy atom. The summed E-state index contributed by atoms with van der Waals surface area (Å²) in [4.78, 5) is 0. The van der Waals surface area contributed by atoms with Gasteiger partial charge in [0, 0.05) is 0 Å². The SMILES string of the molecule is NC(CO[C@@H]1OC(CO)[C@@H](O)[C@H](O)C1O)(CO[C@H]1OC(CO)[C@@H](O)[C@H](O)C1O)CO[C@H]1OC(CO)[C@@H](O)[C@H](O)C1O. The number of aliphatic hydroxyl groups excluding tert-OH is 12. The molecule has 3 saturated heterocycles. The molecule has 15 atom stereocenters. The zero-order valence-electron chi connectivity index (χ0n) is 21.8. The lowest BCUT2D eigenvalue weighted by atomic mass is 9.98. The number of aliphatic hydroxyl groups is 12. The Morgan fingerprint density at radius 1 is 0.439 bits per heavy atom. The van der Waals surface area contributed by atoms with Gasteiger partial charge in [0.15, 0.2) is 18.9 Å². The fourth-order valence-corrected chi connectivity index (χ4v) is 4.48. The molecule has 242 valence electrons. The van der Waals surface area contributed by atoms with Crippen molar-refractivity contribution in [1.29, 1.82) is 0 Å². The molecule has 0 radical (unpaired) electrons. The van der Waals surface area contributed by atoms with Crippen LogP contribution in [0.2, 0.25) is 0 Å². The molecule has 19 heteroatoms. The summed E-state index contributed by atoms with van der Waals surface area (Å²) in [5.74, 6) is 0. The zero-order valence-corrected chi connectivity index (χ0v) is 21.8. The van der Waals surface area contributed by atoms with E-state index in [1.165, 1.54) is 0 Å². The van der Waals surface area contributed by atoms with Gasteiger partial charge >= 0.3 is 0 Å². The van der Waals surface area contributed by atoms with Crippen LogP contribution in [0.25, 0.3) is 0 Å². The highest BCUT2D eigenvalue weighted by molar-refractivity contribution is 4.94. The topological polar surface area (TPSA) is 324 Å². The molecule has 19 nitrogen and oxygen atoms in total. The minimum absolute atomic E-state index is 0.648. The quantitative estimate of drug-likeness (QED) is 0.0979. The first-order valence-corrected chi connectivity index (χ1v) is 12.8. The van der Waals surface area contributed by atoms with E-state index in [9.17, 15) is 61.3 Å². The standard InChI is InChI=1S/C22H41NO18/c23-22(4-36-19-16(33)13(30)10(27)7(1-24)39-19,5-37-20-17(34)14(31)11(28)8(2-25)40-20)6-38-21-18(35)15(32)12(29)9(3-26)41-21/h7-21,24-35H,1-6,23H2/t7?,8?,9?,10-,11-,12-,13+,14+,15+,16?,17?,18?,19-,20+,21+,22?/m1/s1. The van der Waals surface area contributed by atoms with E-state index in [0.717, 1.165) is 0 Å². The Bertz CT molecular complexity index is 694. The van der Waals surface area contributed by atoms with Crippen LogP contribution in [0.1, 0.15) is 0 Å². The number of rotatable bonds is 12. The number of hydrogen-bond donors (Lipinski definition) is 13. The first-order valence-electron chi connectivity index (χ1n) is 12.8. The molecule has 41 heavy (non-hydrogen) atoms. The second-order valence-electron chi connectivity index (χ2n) is 10.4. The highest BCUT2D eigenvalue weighted by Gasteiger charge is 2.48. The molecule has 0 aromatic rings. The molecule has 3 aliphatic rings. The molecule has 3 aliphatic heterocycles. The fraction of sp³-hybridized carbons (Fsp3) is 1.00. The van der Waals surface area contributed by atoms with E-state index in [2.05, 4.69) is 0 Å². The Labute approximate surface area is 233 Å². The van der Waals surface area contributed by atoms with Crippen LogP contribution in [0.5, 0.6) is 0 Å². The normalized spacial score (nSPS) is 47.2. The predicted molar refractivity (Wildman–Crippen MR) is 126 cm³/mol. The van der Waals surface area contributed by atoms with Gasteiger partial charge in [-0.3, -0.25) is 0 Å². The van der Waals surface area contributed by atoms with Crippen molar-refractivity contribution in [3.63, 3.8) is 0 Å². The fourth-order valence-electron chi connectivity index (χ4n) is 4.48. The van der Waals surface area contributed by atoms with Gasteiger partial charge < -0.3 is 95.4 Å². The number of nitrogens with two attached hydrogens (primary N) is 1. The number of hydrogen-bond acceptors (Lipinski definition) is 19. The minimum atomic E-state index is -1.84. The smallest absolute Gasteiger partial charge is 0.186 e. The summed E-state index contributed by atoms with van der Waals surface area (Å²) in [5.41, 5.74) is 4.57. The zero-order chi connectivity index (χ0) is 30.6. The second kappa shape index (κ2) is 14.8. The van der Waals surface area contributed by atoms with Gasteiger partial charge in [0.25, 0.3) is 0 Å². The molecular formula is C22H41NO18. The molecule has 0 aliphatic carbocycles. The first-order chi connectivity index (χ1) is 19.3. The summed E-state index contributed by atoms with van der Waals surface area (Å²) < 4.78 is 32.3. The van der Waals surface area contributed by atoms with Gasteiger partial charge in [0.05, 0.1) is 45.2 Å². The van der Waals surface area contributed by atoms with Crippen LogP contribution in [0.4, 0.5) is 0 Å². The monoisotopic (exact) mass is 607 g/mol. The van der Waals surface area contributed by atoms with Gasteiger partial charge in [0.2, 0.25) is 0 Å². The molecule has 3 fully saturated rings. The summed E-state index contributed by atoms with van der Waals surface area (Å²) in [7, 11) is 0. The van der Waals surface area contributed by atoms with Crippen molar-refractivity contribution < 1.29 is 89.7 Å². The summed E-state index contributed by atoms with van der Waals surface area (Å²) in [5, 5.41) is 119. The average Bonchev–Trinajstić information content (AvgIpc) is 2.96. The maximum absolute atomic E-state index is 10.3. The van der Waals surface area contributed by atoms with Gasteiger partial charge in [0.1, 0.15) is 73.2 Å². The van der Waals surface area contributed by atoms with E-state index in [1.807, 2.05) is 0 Å². The molecule has 0 spiro atoms. The molecule has 3 heterocycles. The maximum atomic E-state index is 10.3. The van der Waals surface area contributed by atoms with Crippen molar-refractivity contribution in [2.24, 2.45) is 5.73 Å². The van der Waals surface area contributed by atoms with Gasteiger partial charge in [-0.1, -0.05) is 0 Å². The highest BCUT2D eigenvalue weighted by Crippen LogP contribution is 2.27. The van der Waals surface area contributed by atoms with E-state index in [-0.39, 0.29) is 0 Å². The predicted octanol–water partition coefficient (Wildman–Crippen LogP) is -8.87. The Balaban J connectivity index is 1.73. The van der Waals surface area contributed by atoms with Crippen LogP contribution < -0.4 is 5.73 Å². The van der Waals surface area contributed by atoms with E-state index in [4.69, 9.17) is 34.2 Å². The van der Waals surface area contributed by atoms with Crippen LogP contribution in [-0.2, 0) is 28.4 Å². The van der Waals surface area contributed by atoms with E-state index < -0.39 is 137 Å². The van der Waals surface area contributed by atoms with Crippen LogP contribution >= 0.6 is 0 Å². The van der Waals surface area contributed by atoms with E-state index in [0.29, 0.717) is 0 Å². The van der Waals surface area contributed by atoms with Crippen LogP contribution in [0.15, 0.2) is 0 Å². The van der Waals surface area contributed by atoms with Crippen molar-refractivity contribution in [2.75, 3.05) is 39.6 Å². The average molecular weight is 608 g/mol. The first kappa shape index (κ1) is 34.7. The summed E-state index contributed by atoms with van der Waals surface area (Å²) in [6.07, 6.45) is -24.5. The van der Waals surface area contributed by atoms with Crippen molar-refractivity contribution in [3.8, 4) is 0 Å². The molecule has 6 unspecified atom stereocenters. The molecule has 0 amide bonds. The lowest BCUT2D eigenvalue weighted by Crippen LogP contribution is -2.63. The van der Waals surface area contributed by atoms with E-state index >= 15 is 0 Å². The Kier molecular flexibility index (Phi) is 12.5. The van der Waals surface area contributed by atoms with Crippen molar-refractivity contribution >= 4 is 0 Å². The second-order valence-corrected chi connectivity index (χ2v) is 10.4. The molecule has 0 bridgehead atoms. The lowest BCUT2D eigenvalue weighted by molar-refractivity contribution is -0.322. The Hall–Kier alpha value is -0.760. The maximum Gasteiger partial charge on any atom is 0.186 e. The Morgan fingerprint density at radius 3 is 0.902 bits per heavy atom. The minimum Gasteiger partial charge on any atom is -0.394 e. The van der Waals surface area contributed by atoms with Crippen LogP contribution in [-0.4, -0.2) is 199 Å². The van der Waals surface area contributed by atoms with Gasteiger partial charge in [-0.15, -0.1) is 0 Å². The lowest BCUT2D eigenvalue weighted by Gasteiger charge is -2.43. The number of ether oxygens (including phenoxy) is 6. The summed E-state index contributed by atoms with van der Waals surface area (Å²) in [6.45, 7) is -4.16. The van der Waals surface area contributed by atoms with Gasteiger partial charge in [-0.25, -0.2) is 0 Å². The molecule has 14 N–H and O–H groups in total. The van der Waals surface area contributed by atoms with Crippen LogP contribution in [0.3, 0.4) is 0 Å². The molecule has 0 aromatic heterocycles. The van der Waals surface area contributed by atoms with Gasteiger partial charge in [-0.2, -0.15) is 0 Å². The van der Waals surface area contributed by atoms with Crippen LogP contribution in [0, 0.1) is 0 Å². The third-order valence-electron chi connectivity index (χ3n) is 7.15. The molecule has 0 saturated carbocycles. The third-order valence-corrected chi connectivity index (χ3v) is 7.15. The van der Waals surface area contributed by atoms with Crippen molar-refractivity contribution in [2.45, 2.75) is 97.7 Å². The highest BCUT2D eigenvalue weighted by atomic mass is 16.7. The molecule has 0 aromatic carbocycles. The van der Waals surface area contributed by atoms with Crippen molar-refractivity contribution in [1.82, 2.24) is 0 Å². The summed E-state index contributed by atoms with van der Waals surface area (Å²) >= 11 is 0. The summed E-state index contributed by atoms with van der Waals surface area (Å²) in [6, 6.07) is 0. The molecular weight excluding hydrogens is 566 g/mol.